The van der Waals surface area contributed by atoms with Crippen LogP contribution in [0.2, 0.25) is 0 Å². The number of carbonyl (C=O) groups is 3. The van der Waals surface area contributed by atoms with Crippen LogP contribution in [0.1, 0.15) is 16.8 Å². The number of benzene rings is 2. The molecule has 2 amide bonds. The molecule has 2 aromatic carbocycles. The Kier molecular flexibility index (Phi) is 6.41. The lowest BCUT2D eigenvalue weighted by molar-refractivity contribution is -0.147. The van der Waals surface area contributed by atoms with E-state index in [0.717, 1.165) is 4.90 Å². The zero-order valence-corrected chi connectivity index (χ0v) is 15.7. The van der Waals surface area contributed by atoms with Gasteiger partial charge in [-0.05, 0) is 36.4 Å². The van der Waals surface area contributed by atoms with Crippen LogP contribution < -0.4 is 10.1 Å². The molecule has 1 unspecified atom stereocenters. The molecule has 2 N–H and O–H groups in total. The number of nitrogens with one attached hydrogen (secondary N) is 1. The van der Waals surface area contributed by atoms with Crippen LogP contribution in [0.3, 0.4) is 0 Å². The quantitative estimate of drug-likeness (QED) is 0.755. The number of rotatable bonds is 6. The highest BCUT2D eigenvalue weighted by atomic mass is 19.3. The van der Waals surface area contributed by atoms with Crippen molar-refractivity contribution in [2.75, 3.05) is 13.1 Å². The number of likely N-dealkylation sites (tertiary alicyclic amines) is 1. The lowest BCUT2D eigenvalue weighted by Crippen LogP contribution is -2.45. The molecule has 1 atom stereocenters. The van der Waals surface area contributed by atoms with Gasteiger partial charge in [-0.3, -0.25) is 9.59 Å². The van der Waals surface area contributed by atoms with Crippen LogP contribution in [0, 0.1) is 0 Å². The first-order valence-corrected chi connectivity index (χ1v) is 9.01. The highest BCUT2D eigenvalue weighted by Gasteiger charge is 2.38. The first-order chi connectivity index (χ1) is 14.3. The Morgan fingerprint density at radius 2 is 1.67 bits per heavy atom. The van der Waals surface area contributed by atoms with E-state index < -0.39 is 55.0 Å². The van der Waals surface area contributed by atoms with E-state index in [1.807, 2.05) is 18.2 Å². The Labute approximate surface area is 170 Å². The summed E-state index contributed by atoms with van der Waals surface area (Å²) in [5, 5.41) is 11.5. The van der Waals surface area contributed by atoms with Gasteiger partial charge in [-0.2, -0.15) is 8.78 Å². The topological polar surface area (TPSA) is 95.9 Å². The zero-order chi connectivity index (χ0) is 21.7. The fourth-order valence-electron chi connectivity index (χ4n) is 3.00. The monoisotopic (exact) mass is 416 g/mol. The summed E-state index contributed by atoms with van der Waals surface area (Å²) in [5.41, 5.74) is -0.133. The molecule has 3 rings (SSSR count). The van der Waals surface area contributed by atoms with Gasteiger partial charge in [0.2, 0.25) is 5.91 Å². The second-order valence-electron chi connectivity index (χ2n) is 6.57. The highest BCUT2D eigenvalue weighted by Crippen LogP contribution is 2.27. The summed E-state index contributed by atoms with van der Waals surface area (Å²) >= 11 is 0. The molecule has 156 valence electrons. The summed E-state index contributed by atoms with van der Waals surface area (Å²) in [6.07, 6.45) is -2.42. The van der Waals surface area contributed by atoms with Crippen LogP contribution in [0.15, 0.2) is 66.3 Å². The maximum absolute atomic E-state index is 12.8. The minimum absolute atomic E-state index is 0.259. The number of para-hydroxylation sites is 1. The minimum atomic E-state index is -1.99. The largest absolute Gasteiger partial charge is 0.480 e. The summed E-state index contributed by atoms with van der Waals surface area (Å²) < 4.78 is 31.2. The molecule has 0 aliphatic carbocycles. The summed E-state index contributed by atoms with van der Waals surface area (Å²) in [6, 6.07) is 13.9. The minimum Gasteiger partial charge on any atom is -0.480 e. The van der Waals surface area contributed by atoms with Crippen molar-refractivity contribution in [2.24, 2.45) is 0 Å². The number of aliphatic carboxylic acids is 1. The molecule has 1 saturated heterocycles. The highest BCUT2D eigenvalue weighted by molar-refractivity contribution is 5.97. The first-order valence-electron chi connectivity index (χ1n) is 9.01. The summed E-state index contributed by atoms with van der Waals surface area (Å²) in [5.74, 6) is -1.54. The predicted octanol–water partition coefficient (Wildman–Crippen LogP) is 3.04. The number of ether oxygens (including phenoxy) is 1. The third kappa shape index (κ3) is 4.99. The van der Waals surface area contributed by atoms with Gasteiger partial charge < -0.3 is 20.1 Å². The van der Waals surface area contributed by atoms with Crippen molar-refractivity contribution in [3.8, 4) is 11.5 Å². The number of carboxylic acids is 1. The van der Waals surface area contributed by atoms with E-state index in [2.05, 4.69) is 5.32 Å². The number of carbonyl (C=O) groups excluding carboxylic acids is 2. The van der Waals surface area contributed by atoms with Crippen molar-refractivity contribution < 1.29 is 33.0 Å². The number of nitrogens with zero attached hydrogens (tertiary/aromatic N) is 1. The Bertz CT molecular complexity index is 973. The lowest BCUT2D eigenvalue weighted by Gasteiger charge is -2.21. The van der Waals surface area contributed by atoms with Crippen LogP contribution in [0.25, 0.3) is 0 Å². The van der Waals surface area contributed by atoms with Gasteiger partial charge in [0.1, 0.15) is 17.5 Å². The third-order valence-electron chi connectivity index (χ3n) is 4.55. The van der Waals surface area contributed by atoms with Crippen molar-refractivity contribution in [3.63, 3.8) is 0 Å². The Morgan fingerprint density at radius 1 is 1.03 bits per heavy atom. The fraction of sp³-hybridized carbons (Fsp3) is 0.190. The van der Waals surface area contributed by atoms with Gasteiger partial charge in [0.15, 0.2) is 0 Å². The van der Waals surface area contributed by atoms with Crippen molar-refractivity contribution in [2.45, 2.75) is 12.5 Å². The maximum atomic E-state index is 12.8. The van der Waals surface area contributed by atoms with Gasteiger partial charge in [0.05, 0.1) is 6.54 Å². The molecular formula is C21H18F2N2O5. The van der Waals surface area contributed by atoms with E-state index in [0.29, 0.717) is 11.5 Å². The molecule has 0 spiro atoms. The van der Waals surface area contributed by atoms with E-state index in [1.54, 1.807) is 24.3 Å². The second kappa shape index (κ2) is 9.17. The number of amides is 2. The zero-order valence-electron chi connectivity index (χ0n) is 15.7. The number of hydrogen-bond acceptors (Lipinski definition) is 4. The Balaban J connectivity index is 1.57. The molecule has 1 aliphatic heterocycles. The number of hydrogen-bond donors (Lipinski definition) is 2. The summed E-state index contributed by atoms with van der Waals surface area (Å²) in [7, 11) is 0. The van der Waals surface area contributed by atoms with Gasteiger partial charge in [0.25, 0.3) is 12.0 Å². The molecule has 0 radical (unpaired) electrons. The summed E-state index contributed by atoms with van der Waals surface area (Å²) in [4.78, 5) is 36.6. The van der Waals surface area contributed by atoms with Crippen molar-refractivity contribution >= 4 is 17.8 Å². The number of carboxylic acid groups (broad SMARTS) is 1. The standard InChI is InChI=1S/C21H18F2N2O5/c22-19(23)14-10-17(21(28)29)25(12-14)18(26)11-24-20(27)13-6-8-16(9-7-13)30-15-4-2-1-3-5-15/h1-9,17H,10-12H2,(H,24,27)(H,28,29). The van der Waals surface area contributed by atoms with Crippen LogP contribution in [0.5, 0.6) is 11.5 Å². The van der Waals surface area contributed by atoms with Gasteiger partial charge in [0, 0.05) is 24.1 Å². The van der Waals surface area contributed by atoms with Crippen LogP contribution in [0.4, 0.5) is 8.78 Å². The van der Waals surface area contributed by atoms with Gasteiger partial charge in [-0.1, -0.05) is 18.2 Å². The van der Waals surface area contributed by atoms with Gasteiger partial charge >= 0.3 is 5.97 Å². The Morgan fingerprint density at radius 3 is 2.27 bits per heavy atom. The molecule has 9 heteroatoms. The molecule has 1 heterocycles. The molecule has 0 aromatic heterocycles. The van der Waals surface area contributed by atoms with E-state index in [1.165, 1.54) is 12.1 Å². The van der Waals surface area contributed by atoms with E-state index in [9.17, 15) is 23.2 Å². The first kappa shape index (κ1) is 21.0. The van der Waals surface area contributed by atoms with Crippen molar-refractivity contribution in [1.82, 2.24) is 10.2 Å². The van der Waals surface area contributed by atoms with E-state index >= 15 is 0 Å². The van der Waals surface area contributed by atoms with E-state index in [4.69, 9.17) is 9.84 Å². The molecule has 1 aliphatic rings. The third-order valence-corrected chi connectivity index (χ3v) is 4.55. The fourth-order valence-corrected chi connectivity index (χ4v) is 3.00. The lowest BCUT2D eigenvalue weighted by atomic mass is 10.2. The van der Waals surface area contributed by atoms with Crippen molar-refractivity contribution in [1.29, 1.82) is 0 Å². The van der Waals surface area contributed by atoms with Crippen LogP contribution in [-0.2, 0) is 9.59 Å². The molecule has 0 saturated carbocycles. The van der Waals surface area contributed by atoms with Gasteiger partial charge in [-0.25, -0.2) is 4.79 Å². The molecular weight excluding hydrogens is 398 g/mol. The van der Waals surface area contributed by atoms with Crippen LogP contribution in [-0.4, -0.2) is 46.9 Å². The molecule has 2 aromatic rings. The molecule has 0 bridgehead atoms. The average molecular weight is 416 g/mol. The Hall–Kier alpha value is -3.75. The average Bonchev–Trinajstić information content (AvgIpc) is 3.19. The number of halogens is 2. The predicted molar refractivity (Wildman–Crippen MR) is 102 cm³/mol. The smallest absolute Gasteiger partial charge is 0.326 e. The second-order valence-corrected chi connectivity index (χ2v) is 6.57. The normalized spacial score (nSPS) is 15.6. The maximum Gasteiger partial charge on any atom is 0.326 e. The SMILES string of the molecule is O=C(NCC(=O)N1CC(=C(F)F)CC1C(=O)O)c1ccc(Oc2ccccc2)cc1. The van der Waals surface area contributed by atoms with Crippen molar-refractivity contribution in [3.05, 3.63) is 71.8 Å². The molecule has 7 nitrogen and oxygen atoms in total. The van der Waals surface area contributed by atoms with E-state index in [-0.39, 0.29) is 5.56 Å². The van der Waals surface area contributed by atoms with Crippen LogP contribution >= 0.6 is 0 Å². The summed E-state index contributed by atoms with van der Waals surface area (Å²) in [6.45, 7) is -0.981. The van der Waals surface area contributed by atoms with Gasteiger partial charge in [-0.15, -0.1) is 0 Å². The molecule has 1 fully saturated rings. The molecule has 30 heavy (non-hydrogen) atoms.